The van der Waals surface area contributed by atoms with E-state index in [1.807, 2.05) is 60.8 Å². The third-order valence-electron chi connectivity index (χ3n) is 7.62. The summed E-state index contributed by atoms with van der Waals surface area (Å²) in [6.07, 6.45) is 7.15. The van der Waals surface area contributed by atoms with E-state index in [0.29, 0.717) is 0 Å². The summed E-state index contributed by atoms with van der Waals surface area (Å²) in [5.74, 6) is 0. The first-order valence-corrected chi connectivity index (χ1v) is 15.0. The normalized spacial score (nSPS) is 10.9. The third-order valence-corrected chi connectivity index (χ3v) is 7.62. The Bertz CT molecular complexity index is 2050. The minimum Gasteiger partial charge on any atom is -0.305 e. The van der Waals surface area contributed by atoms with Gasteiger partial charge in [0.1, 0.15) is 0 Å². The van der Waals surface area contributed by atoms with Gasteiger partial charge in [-0.2, -0.15) is 0 Å². The molecule has 0 aliphatic carbocycles. The summed E-state index contributed by atoms with van der Waals surface area (Å²) >= 11 is 0. The van der Waals surface area contributed by atoms with Crippen molar-refractivity contribution in [2.75, 3.05) is 0 Å². The summed E-state index contributed by atoms with van der Waals surface area (Å²) in [5.41, 5.74) is 12.7. The predicted octanol–water partition coefficient (Wildman–Crippen LogP) is 9.98. The maximum absolute atomic E-state index is 4.73. The number of benzene rings is 4. The molecule has 0 aliphatic rings. The van der Waals surface area contributed by atoms with Crippen LogP contribution in [-0.4, -0.2) is 19.9 Å². The van der Waals surface area contributed by atoms with E-state index in [9.17, 15) is 0 Å². The zero-order valence-corrected chi connectivity index (χ0v) is 28.7. The maximum atomic E-state index is 4.73. The van der Waals surface area contributed by atoms with Crippen LogP contribution in [0.4, 0.5) is 0 Å². The van der Waals surface area contributed by atoms with Crippen molar-refractivity contribution in [2.24, 2.45) is 0 Å². The van der Waals surface area contributed by atoms with Crippen LogP contribution in [-0.2, 0) is 25.5 Å². The van der Waals surface area contributed by atoms with E-state index in [0.717, 1.165) is 55.8 Å². The predicted molar refractivity (Wildman–Crippen MR) is 184 cm³/mol. The zero-order valence-electron chi connectivity index (χ0n) is 26.3. The number of rotatable bonds is 4. The zero-order chi connectivity index (χ0) is 31.2. The Morgan fingerprint density at radius 2 is 1.22 bits per heavy atom. The van der Waals surface area contributed by atoms with Gasteiger partial charge in [0.05, 0.1) is 11.0 Å². The van der Waals surface area contributed by atoms with Crippen molar-refractivity contribution in [1.82, 2.24) is 19.9 Å². The molecule has 0 bridgehead atoms. The summed E-state index contributed by atoms with van der Waals surface area (Å²) in [7, 11) is 0. The van der Waals surface area contributed by atoms with Crippen molar-refractivity contribution in [1.29, 1.82) is 0 Å². The van der Waals surface area contributed by atoms with Gasteiger partial charge in [0.25, 0.3) is 0 Å². The Balaban J connectivity index is 0.000000250. The second-order valence-corrected chi connectivity index (χ2v) is 11.9. The number of aromatic nitrogens is 4. The molecule has 3 heterocycles. The van der Waals surface area contributed by atoms with E-state index in [4.69, 9.17) is 9.97 Å². The fourth-order valence-electron chi connectivity index (χ4n) is 5.22. The average molecular weight is 775 g/mol. The number of aryl methyl sites for hydroxylation is 1. The van der Waals surface area contributed by atoms with Gasteiger partial charge in [-0.15, -0.1) is 65.7 Å². The number of nitrogens with zero attached hydrogens (tertiary/aromatic N) is 4. The van der Waals surface area contributed by atoms with Gasteiger partial charge in [-0.05, 0) is 52.5 Å². The average Bonchev–Trinajstić information content (AvgIpc) is 3.09. The standard InChI is InChI=1S/C29H24N3.C12H10N.Ir/c1-29(2,3)23-11-7-9-21(19-23)25-14-13-24(27-28(25)32-17-16-31-27)20-8-6-10-22(18-20)26-12-4-5-15-30-26;1-10-7-8-13-12(9-10)11-5-3-2-4-6-11;/h4-9,11-19H,1-3H3;2-5,7-9H,1H3;/q2*-1;. The van der Waals surface area contributed by atoms with Crippen molar-refractivity contribution in [2.45, 2.75) is 33.1 Å². The molecule has 5 heteroatoms. The van der Waals surface area contributed by atoms with Crippen LogP contribution < -0.4 is 0 Å². The topological polar surface area (TPSA) is 51.6 Å². The number of pyridine rings is 2. The smallest absolute Gasteiger partial charge is 0.0970 e. The summed E-state index contributed by atoms with van der Waals surface area (Å²) in [6, 6.07) is 43.4. The molecule has 0 aliphatic heterocycles. The molecule has 229 valence electrons. The Morgan fingerprint density at radius 1 is 0.522 bits per heavy atom. The van der Waals surface area contributed by atoms with Crippen LogP contribution in [0.3, 0.4) is 0 Å². The molecule has 0 spiro atoms. The van der Waals surface area contributed by atoms with E-state index >= 15 is 0 Å². The Hall–Kier alpha value is -4.83. The molecule has 0 atom stereocenters. The van der Waals surface area contributed by atoms with Crippen LogP contribution >= 0.6 is 0 Å². The van der Waals surface area contributed by atoms with Crippen molar-refractivity contribution in [3.63, 3.8) is 0 Å². The molecule has 46 heavy (non-hydrogen) atoms. The minimum absolute atomic E-state index is 0. The molecule has 0 unspecified atom stereocenters. The van der Waals surface area contributed by atoms with E-state index in [1.54, 1.807) is 18.6 Å². The molecule has 1 radical (unpaired) electrons. The van der Waals surface area contributed by atoms with E-state index in [1.165, 1.54) is 11.1 Å². The Kier molecular flexibility index (Phi) is 10.3. The second kappa shape index (κ2) is 14.5. The van der Waals surface area contributed by atoms with E-state index < -0.39 is 0 Å². The monoisotopic (exact) mass is 775 g/mol. The maximum Gasteiger partial charge on any atom is 0.0970 e. The largest absolute Gasteiger partial charge is 0.305 e. The van der Waals surface area contributed by atoms with Crippen molar-refractivity contribution in [3.8, 4) is 44.8 Å². The summed E-state index contributed by atoms with van der Waals surface area (Å²) in [6.45, 7) is 8.77. The van der Waals surface area contributed by atoms with Crippen LogP contribution in [0.15, 0.2) is 134 Å². The Morgan fingerprint density at radius 3 is 1.87 bits per heavy atom. The van der Waals surface area contributed by atoms with Gasteiger partial charge in [0, 0.05) is 50.5 Å². The molecule has 0 saturated carbocycles. The van der Waals surface area contributed by atoms with Gasteiger partial charge in [-0.25, -0.2) is 0 Å². The Labute approximate surface area is 285 Å². The molecular formula is C41H34IrN4-2. The first kappa shape index (κ1) is 32.6. The molecule has 0 N–H and O–H groups in total. The molecule has 7 aromatic rings. The minimum atomic E-state index is 0. The fourth-order valence-corrected chi connectivity index (χ4v) is 5.22. The third kappa shape index (κ3) is 7.51. The van der Waals surface area contributed by atoms with Crippen LogP contribution in [0.2, 0.25) is 0 Å². The molecule has 4 aromatic carbocycles. The quantitative estimate of drug-likeness (QED) is 0.167. The summed E-state index contributed by atoms with van der Waals surface area (Å²) < 4.78 is 0. The molecule has 4 nitrogen and oxygen atoms in total. The first-order chi connectivity index (χ1) is 21.9. The van der Waals surface area contributed by atoms with Gasteiger partial charge in [-0.3, -0.25) is 9.97 Å². The molecule has 7 rings (SSSR count). The van der Waals surface area contributed by atoms with Crippen molar-refractivity contribution >= 4 is 11.0 Å². The van der Waals surface area contributed by atoms with Gasteiger partial charge >= 0.3 is 0 Å². The van der Waals surface area contributed by atoms with Crippen LogP contribution in [0, 0.1) is 19.1 Å². The fraction of sp³-hybridized carbons (Fsp3) is 0.122. The summed E-state index contributed by atoms with van der Waals surface area (Å²) in [5, 5.41) is 0. The van der Waals surface area contributed by atoms with E-state index in [2.05, 4.69) is 104 Å². The van der Waals surface area contributed by atoms with Crippen molar-refractivity contribution < 1.29 is 20.1 Å². The number of hydrogen-bond acceptors (Lipinski definition) is 4. The first-order valence-electron chi connectivity index (χ1n) is 15.0. The van der Waals surface area contributed by atoms with E-state index in [-0.39, 0.29) is 25.5 Å². The SMILES string of the molecule is CC(C)(C)c1cccc(-c2ccc(-c3cc[c-]c(-c4ccccn4)c3)c3nccnc23)c1.Cc1ccnc(-c2[c-]cccc2)c1.[Ir]. The molecule has 0 saturated heterocycles. The van der Waals surface area contributed by atoms with Gasteiger partial charge < -0.3 is 9.97 Å². The van der Waals surface area contributed by atoms with Gasteiger partial charge in [0.2, 0.25) is 0 Å². The number of hydrogen-bond donors (Lipinski definition) is 0. The number of fused-ring (bicyclic) bond motifs is 1. The van der Waals surface area contributed by atoms with Gasteiger partial charge in [-0.1, -0.05) is 86.5 Å². The van der Waals surface area contributed by atoms with Crippen molar-refractivity contribution in [3.05, 3.63) is 157 Å². The van der Waals surface area contributed by atoms with Crippen LogP contribution in [0.25, 0.3) is 55.8 Å². The molecule has 0 fully saturated rings. The molecular weight excluding hydrogens is 741 g/mol. The van der Waals surface area contributed by atoms with Crippen LogP contribution in [0.5, 0.6) is 0 Å². The molecule has 3 aromatic heterocycles. The summed E-state index contributed by atoms with van der Waals surface area (Å²) in [4.78, 5) is 18.2. The van der Waals surface area contributed by atoms with Crippen LogP contribution in [0.1, 0.15) is 31.9 Å². The second-order valence-electron chi connectivity index (χ2n) is 11.9. The van der Waals surface area contributed by atoms with Gasteiger partial charge in [0.15, 0.2) is 0 Å². The molecule has 0 amide bonds.